The first-order valence-corrected chi connectivity index (χ1v) is 8.70. The zero-order chi connectivity index (χ0) is 16.4. The van der Waals surface area contributed by atoms with E-state index in [-0.39, 0.29) is 11.6 Å². The lowest BCUT2D eigenvalue weighted by Gasteiger charge is -2.46. The van der Waals surface area contributed by atoms with Crippen molar-refractivity contribution in [2.45, 2.75) is 24.9 Å². The second-order valence-electron chi connectivity index (χ2n) is 6.78. The molecule has 0 aromatic heterocycles. The molecule has 0 aliphatic carbocycles. The molecular weight excluding hydrogens is 298 g/mol. The standard InChI is InChI=1S/C20H23N3O/c24-19-17-8-4-5-9-18(17)21-20(22-19)11-14-23(15-12-20)13-10-16-6-2-1-3-7-16/h1-9,21H,10-15H2,(H,22,24). The highest BCUT2D eigenvalue weighted by molar-refractivity contribution is 6.02. The summed E-state index contributed by atoms with van der Waals surface area (Å²) < 4.78 is 0. The third-order valence-electron chi connectivity index (χ3n) is 5.17. The summed E-state index contributed by atoms with van der Waals surface area (Å²) in [6, 6.07) is 18.4. The molecule has 2 aromatic carbocycles. The van der Waals surface area contributed by atoms with Crippen LogP contribution in [0.2, 0.25) is 0 Å². The van der Waals surface area contributed by atoms with Crippen molar-refractivity contribution in [3.8, 4) is 0 Å². The summed E-state index contributed by atoms with van der Waals surface area (Å²) in [6.07, 6.45) is 2.94. The third kappa shape index (κ3) is 3.02. The first-order chi connectivity index (χ1) is 11.7. The predicted molar refractivity (Wildman–Crippen MR) is 96.1 cm³/mol. The van der Waals surface area contributed by atoms with Gasteiger partial charge in [0.25, 0.3) is 5.91 Å². The Kier molecular flexibility index (Phi) is 3.98. The van der Waals surface area contributed by atoms with Crippen LogP contribution in [0.4, 0.5) is 5.69 Å². The van der Waals surface area contributed by atoms with Crippen LogP contribution in [0, 0.1) is 0 Å². The second-order valence-corrected chi connectivity index (χ2v) is 6.78. The molecule has 4 nitrogen and oxygen atoms in total. The molecule has 2 heterocycles. The molecule has 0 atom stereocenters. The first kappa shape index (κ1) is 15.2. The number of carbonyl (C=O) groups excluding carboxylic acids is 1. The zero-order valence-electron chi connectivity index (χ0n) is 13.8. The number of hydrogen-bond acceptors (Lipinski definition) is 3. The summed E-state index contributed by atoms with van der Waals surface area (Å²) >= 11 is 0. The van der Waals surface area contributed by atoms with Gasteiger partial charge < -0.3 is 15.5 Å². The quantitative estimate of drug-likeness (QED) is 0.914. The van der Waals surface area contributed by atoms with Crippen molar-refractivity contribution in [1.29, 1.82) is 0 Å². The van der Waals surface area contributed by atoms with Crippen LogP contribution in [0.15, 0.2) is 54.6 Å². The van der Waals surface area contributed by atoms with Crippen LogP contribution in [0.5, 0.6) is 0 Å². The summed E-state index contributed by atoms with van der Waals surface area (Å²) in [5, 5.41) is 6.78. The summed E-state index contributed by atoms with van der Waals surface area (Å²) in [5.74, 6) is 0.0436. The second kappa shape index (κ2) is 6.29. The van der Waals surface area contributed by atoms with Gasteiger partial charge in [-0.2, -0.15) is 0 Å². The van der Waals surface area contributed by atoms with Gasteiger partial charge in [0.05, 0.1) is 5.56 Å². The molecule has 4 heteroatoms. The van der Waals surface area contributed by atoms with Crippen molar-refractivity contribution < 1.29 is 4.79 Å². The van der Waals surface area contributed by atoms with Gasteiger partial charge in [0, 0.05) is 38.2 Å². The Bertz CT molecular complexity index is 721. The number of anilines is 1. The zero-order valence-corrected chi connectivity index (χ0v) is 13.8. The number of fused-ring (bicyclic) bond motifs is 1. The van der Waals surface area contributed by atoms with E-state index in [1.807, 2.05) is 24.3 Å². The molecule has 1 spiro atoms. The molecule has 0 unspecified atom stereocenters. The van der Waals surface area contributed by atoms with E-state index in [1.54, 1.807) is 0 Å². The molecule has 24 heavy (non-hydrogen) atoms. The van der Waals surface area contributed by atoms with Crippen molar-refractivity contribution >= 4 is 11.6 Å². The number of benzene rings is 2. The van der Waals surface area contributed by atoms with Gasteiger partial charge in [0.2, 0.25) is 0 Å². The van der Waals surface area contributed by atoms with Gasteiger partial charge in [-0.1, -0.05) is 42.5 Å². The largest absolute Gasteiger partial charge is 0.362 e. The summed E-state index contributed by atoms with van der Waals surface area (Å²) in [4.78, 5) is 14.9. The smallest absolute Gasteiger partial charge is 0.255 e. The number of para-hydroxylation sites is 1. The molecule has 4 rings (SSSR count). The highest BCUT2D eigenvalue weighted by atomic mass is 16.2. The summed E-state index contributed by atoms with van der Waals surface area (Å²) in [7, 11) is 0. The van der Waals surface area contributed by atoms with Crippen molar-refractivity contribution in [2.24, 2.45) is 0 Å². The Labute approximate surface area is 142 Å². The van der Waals surface area contributed by atoms with Crippen molar-refractivity contribution in [3.05, 3.63) is 65.7 Å². The normalized spacial score (nSPS) is 19.4. The van der Waals surface area contributed by atoms with Gasteiger partial charge in [-0.15, -0.1) is 0 Å². The molecule has 124 valence electrons. The van der Waals surface area contributed by atoms with E-state index >= 15 is 0 Å². The lowest BCUT2D eigenvalue weighted by Crippen LogP contribution is -2.62. The van der Waals surface area contributed by atoms with Gasteiger partial charge in [-0.3, -0.25) is 4.79 Å². The van der Waals surface area contributed by atoms with Crippen molar-refractivity contribution in [3.63, 3.8) is 0 Å². The lowest BCUT2D eigenvalue weighted by molar-refractivity contribution is 0.0830. The van der Waals surface area contributed by atoms with Gasteiger partial charge in [-0.05, 0) is 24.1 Å². The Hall–Kier alpha value is -2.33. The average molecular weight is 321 g/mol. The van der Waals surface area contributed by atoms with Crippen LogP contribution < -0.4 is 10.6 Å². The van der Waals surface area contributed by atoms with Crippen LogP contribution in [0.3, 0.4) is 0 Å². The minimum absolute atomic E-state index is 0.0436. The number of carbonyl (C=O) groups is 1. The fraction of sp³-hybridized carbons (Fsp3) is 0.350. The topological polar surface area (TPSA) is 44.4 Å². The molecule has 2 aliphatic heterocycles. The maximum Gasteiger partial charge on any atom is 0.255 e. The molecule has 2 N–H and O–H groups in total. The van der Waals surface area contributed by atoms with Crippen LogP contribution in [-0.2, 0) is 6.42 Å². The van der Waals surface area contributed by atoms with Crippen molar-refractivity contribution in [1.82, 2.24) is 10.2 Å². The van der Waals surface area contributed by atoms with Crippen LogP contribution >= 0.6 is 0 Å². The van der Waals surface area contributed by atoms with Gasteiger partial charge in [0.1, 0.15) is 5.66 Å². The highest BCUT2D eigenvalue weighted by Crippen LogP contribution is 2.31. The minimum Gasteiger partial charge on any atom is -0.362 e. The lowest BCUT2D eigenvalue weighted by atomic mass is 9.92. The molecule has 1 fully saturated rings. The highest BCUT2D eigenvalue weighted by Gasteiger charge is 2.39. The van der Waals surface area contributed by atoms with E-state index in [1.165, 1.54) is 5.56 Å². The average Bonchev–Trinajstić information content (AvgIpc) is 2.62. The Morgan fingerprint density at radius 2 is 1.62 bits per heavy atom. The molecular formula is C20H23N3O. The molecule has 2 aromatic rings. The summed E-state index contributed by atoms with van der Waals surface area (Å²) in [6.45, 7) is 3.08. The van der Waals surface area contributed by atoms with Crippen LogP contribution in [0.25, 0.3) is 0 Å². The third-order valence-corrected chi connectivity index (χ3v) is 5.17. The van der Waals surface area contributed by atoms with Gasteiger partial charge in [-0.25, -0.2) is 0 Å². The van der Waals surface area contributed by atoms with Gasteiger partial charge in [0.15, 0.2) is 0 Å². The van der Waals surface area contributed by atoms with E-state index in [9.17, 15) is 4.79 Å². The number of nitrogens with one attached hydrogen (secondary N) is 2. The number of likely N-dealkylation sites (tertiary alicyclic amines) is 1. The molecule has 1 amide bonds. The van der Waals surface area contributed by atoms with E-state index in [4.69, 9.17) is 0 Å². The van der Waals surface area contributed by atoms with E-state index in [0.717, 1.165) is 50.1 Å². The Morgan fingerprint density at radius 3 is 2.42 bits per heavy atom. The fourth-order valence-corrected chi connectivity index (χ4v) is 3.70. The number of piperidine rings is 1. The number of amides is 1. The molecule has 1 saturated heterocycles. The number of nitrogens with zero attached hydrogens (tertiary/aromatic N) is 1. The first-order valence-electron chi connectivity index (χ1n) is 8.70. The van der Waals surface area contributed by atoms with E-state index in [0.29, 0.717) is 0 Å². The fourth-order valence-electron chi connectivity index (χ4n) is 3.70. The van der Waals surface area contributed by atoms with Crippen molar-refractivity contribution in [2.75, 3.05) is 25.0 Å². The molecule has 0 radical (unpaired) electrons. The van der Waals surface area contributed by atoms with Crippen LogP contribution in [0.1, 0.15) is 28.8 Å². The van der Waals surface area contributed by atoms with Crippen LogP contribution in [-0.4, -0.2) is 36.1 Å². The van der Waals surface area contributed by atoms with E-state index < -0.39 is 0 Å². The molecule has 0 bridgehead atoms. The predicted octanol–water partition coefficient (Wildman–Crippen LogP) is 2.88. The van der Waals surface area contributed by atoms with Gasteiger partial charge >= 0.3 is 0 Å². The van der Waals surface area contributed by atoms with E-state index in [2.05, 4.69) is 45.9 Å². The maximum absolute atomic E-state index is 12.4. The number of rotatable bonds is 3. The Morgan fingerprint density at radius 1 is 0.917 bits per heavy atom. The molecule has 0 saturated carbocycles. The molecule has 2 aliphatic rings. The Balaban J connectivity index is 1.37. The minimum atomic E-state index is -0.283. The monoisotopic (exact) mass is 321 g/mol. The summed E-state index contributed by atoms with van der Waals surface area (Å²) in [5.41, 5.74) is 2.80. The number of hydrogen-bond donors (Lipinski definition) is 2. The maximum atomic E-state index is 12.4. The SMILES string of the molecule is O=C1NC2(CCN(CCc3ccccc3)CC2)Nc2ccccc21.